The number of anilines is 1. The third-order valence-electron chi connectivity index (χ3n) is 4.68. The molecule has 2 aromatic rings. The molecule has 0 aromatic heterocycles. The van der Waals surface area contributed by atoms with Crippen LogP contribution in [0.15, 0.2) is 48.5 Å². The molecule has 3 rings (SSSR count). The van der Waals surface area contributed by atoms with Crippen LogP contribution in [0.5, 0.6) is 11.5 Å². The second-order valence-electron chi connectivity index (χ2n) is 6.72. The topological polar surface area (TPSA) is 75.7 Å². The van der Waals surface area contributed by atoms with E-state index in [1.54, 1.807) is 36.4 Å². The first kappa shape index (κ1) is 20.6. The zero-order valence-corrected chi connectivity index (χ0v) is 17.2. The lowest BCUT2D eigenvalue weighted by atomic mass is 10.2. The standard InChI is InChI=1S/C20H23ClN2O4S/c1-2-23(16-11-12-28(25,26)14-16)13-20(24)22-15-7-9-17(10-8-15)27-19-6-4-3-5-18(19)21/h3-10,16H,2,11-14H2,1H3,(H,22,24). The lowest BCUT2D eigenvalue weighted by molar-refractivity contribution is -0.117. The van der Waals surface area contributed by atoms with Crippen molar-refractivity contribution in [3.8, 4) is 11.5 Å². The number of ether oxygens (including phenoxy) is 1. The van der Waals surface area contributed by atoms with Gasteiger partial charge in [0.1, 0.15) is 11.5 Å². The van der Waals surface area contributed by atoms with Crippen molar-refractivity contribution in [2.75, 3.05) is 29.9 Å². The minimum atomic E-state index is -2.98. The molecule has 0 spiro atoms. The first-order chi connectivity index (χ1) is 13.4. The number of benzene rings is 2. The van der Waals surface area contributed by atoms with Crippen LogP contribution in [0.3, 0.4) is 0 Å². The molecule has 150 valence electrons. The van der Waals surface area contributed by atoms with Crippen molar-refractivity contribution in [2.24, 2.45) is 0 Å². The fourth-order valence-corrected chi connectivity index (χ4v) is 5.14. The summed E-state index contributed by atoms with van der Waals surface area (Å²) in [6, 6.07) is 14.1. The van der Waals surface area contributed by atoms with Crippen LogP contribution in [0.25, 0.3) is 0 Å². The Balaban J connectivity index is 1.56. The molecule has 1 amide bonds. The van der Waals surface area contributed by atoms with Crippen molar-refractivity contribution in [3.05, 3.63) is 53.6 Å². The Morgan fingerprint density at radius 3 is 2.54 bits per heavy atom. The van der Waals surface area contributed by atoms with Gasteiger partial charge in [-0.3, -0.25) is 9.69 Å². The molecule has 1 N–H and O–H groups in total. The Labute approximate surface area is 170 Å². The number of nitrogens with one attached hydrogen (secondary N) is 1. The molecule has 8 heteroatoms. The summed E-state index contributed by atoms with van der Waals surface area (Å²) in [7, 11) is -2.98. The van der Waals surface area contributed by atoms with Crippen molar-refractivity contribution in [2.45, 2.75) is 19.4 Å². The number of hydrogen-bond donors (Lipinski definition) is 1. The molecule has 0 saturated carbocycles. The number of likely N-dealkylation sites (N-methyl/N-ethyl adjacent to an activating group) is 1. The first-order valence-corrected chi connectivity index (χ1v) is 11.3. The van der Waals surface area contributed by atoms with E-state index < -0.39 is 9.84 Å². The second-order valence-corrected chi connectivity index (χ2v) is 9.36. The lowest BCUT2D eigenvalue weighted by Gasteiger charge is -2.25. The number of rotatable bonds is 7. The SMILES string of the molecule is CCN(CC(=O)Nc1ccc(Oc2ccccc2Cl)cc1)C1CCS(=O)(=O)C1. The molecule has 2 aromatic carbocycles. The maximum atomic E-state index is 12.4. The highest BCUT2D eigenvalue weighted by molar-refractivity contribution is 7.91. The average Bonchev–Trinajstić information content (AvgIpc) is 3.03. The Morgan fingerprint density at radius 2 is 1.93 bits per heavy atom. The predicted molar refractivity (Wildman–Crippen MR) is 111 cm³/mol. The molecule has 1 aliphatic rings. The Kier molecular flexibility index (Phi) is 6.59. The summed E-state index contributed by atoms with van der Waals surface area (Å²) >= 11 is 6.08. The summed E-state index contributed by atoms with van der Waals surface area (Å²) in [6.07, 6.45) is 0.581. The smallest absolute Gasteiger partial charge is 0.238 e. The highest BCUT2D eigenvalue weighted by Gasteiger charge is 2.32. The van der Waals surface area contributed by atoms with Crippen molar-refractivity contribution >= 4 is 33.0 Å². The van der Waals surface area contributed by atoms with Gasteiger partial charge in [0, 0.05) is 11.7 Å². The number of sulfone groups is 1. The van der Waals surface area contributed by atoms with E-state index >= 15 is 0 Å². The number of carbonyl (C=O) groups excluding carboxylic acids is 1. The third-order valence-corrected chi connectivity index (χ3v) is 6.74. The van der Waals surface area contributed by atoms with Gasteiger partial charge in [0.25, 0.3) is 0 Å². The fraction of sp³-hybridized carbons (Fsp3) is 0.350. The summed E-state index contributed by atoms with van der Waals surface area (Å²) in [4.78, 5) is 14.3. The zero-order valence-electron chi connectivity index (χ0n) is 15.6. The zero-order chi connectivity index (χ0) is 20.1. The molecule has 28 heavy (non-hydrogen) atoms. The highest BCUT2D eigenvalue weighted by Crippen LogP contribution is 2.29. The van der Waals surface area contributed by atoms with E-state index in [9.17, 15) is 13.2 Å². The van der Waals surface area contributed by atoms with Crippen LogP contribution >= 0.6 is 11.6 Å². The van der Waals surface area contributed by atoms with Crippen molar-refractivity contribution in [1.82, 2.24) is 4.90 Å². The van der Waals surface area contributed by atoms with Gasteiger partial charge in [-0.2, -0.15) is 0 Å². The van der Waals surface area contributed by atoms with E-state index in [4.69, 9.17) is 16.3 Å². The average molecular weight is 423 g/mol. The maximum absolute atomic E-state index is 12.4. The van der Waals surface area contributed by atoms with Gasteiger partial charge in [-0.05, 0) is 49.4 Å². The molecule has 1 saturated heterocycles. The van der Waals surface area contributed by atoms with Crippen molar-refractivity contribution in [3.63, 3.8) is 0 Å². The van der Waals surface area contributed by atoms with Gasteiger partial charge >= 0.3 is 0 Å². The summed E-state index contributed by atoms with van der Waals surface area (Å²) < 4.78 is 29.1. The van der Waals surface area contributed by atoms with Crippen molar-refractivity contribution < 1.29 is 17.9 Å². The van der Waals surface area contributed by atoms with E-state index in [1.165, 1.54) is 0 Å². The van der Waals surface area contributed by atoms with Gasteiger partial charge in [0.05, 0.1) is 23.1 Å². The number of hydrogen-bond acceptors (Lipinski definition) is 5. The summed E-state index contributed by atoms with van der Waals surface area (Å²) in [5, 5.41) is 3.36. The van der Waals surface area contributed by atoms with Gasteiger partial charge < -0.3 is 10.1 Å². The van der Waals surface area contributed by atoms with Gasteiger partial charge in [0.2, 0.25) is 5.91 Å². The van der Waals surface area contributed by atoms with Crippen LogP contribution in [0.1, 0.15) is 13.3 Å². The largest absolute Gasteiger partial charge is 0.456 e. The predicted octanol–water partition coefficient (Wildman–Crippen LogP) is 3.58. The highest BCUT2D eigenvalue weighted by atomic mass is 35.5. The lowest BCUT2D eigenvalue weighted by Crippen LogP contribution is -2.41. The van der Waals surface area contributed by atoms with Crippen LogP contribution in [0.4, 0.5) is 5.69 Å². The van der Waals surface area contributed by atoms with Crippen LogP contribution < -0.4 is 10.1 Å². The minimum absolute atomic E-state index is 0.0906. The maximum Gasteiger partial charge on any atom is 0.238 e. The quantitative estimate of drug-likeness (QED) is 0.738. The second kappa shape index (κ2) is 8.94. The molecule has 0 radical (unpaired) electrons. The molecule has 6 nitrogen and oxygen atoms in total. The van der Waals surface area contributed by atoms with Crippen LogP contribution in [-0.2, 0) is 14.6 Å². The van der Waals surface area contributed by atoms with Crippen LogP contribution in [0, 0.1) is 0 Å². The van der Waals surface area contributed by atoms with Gasteiger partial charge in [-0.1, -0.05) is 30.7 Å². The molecule has 1 heterocycles. The molecular weight excluding hydrogens is 400 g/mol. The molecule has 1 atom stereocenters. The molecule has 0 bridgehead atoms. The normalized spacial score (nSPS) is 18.2. The van der Waals surface area contributed by atoms with Crippen molar-refractivity contribution in [1.29, 1.82) is 0 Å². The van der Waals surface area contributed by atoms with Gasteiger partial charge in [0.15, 0.2) is 9.84 Å². The summed E-state index contributed by atoms with van der Waals surface area (Å²) in [5.74, 6) is 1.32. The Morgan fingerprint density at radius 1 is 1.21 bits per heavy atom. The van der Waals surface area contributed by atoms with Crippen LogP contribution in [0.2, 0.25) is 5.02 Å². The molecule has 1 fully saturated rings. The van der Waals surface area contributed by atoms with Gasteiger partial charge in [-0.25, -0.2) is 8.42 Å². The number of nitrogens with zero attached hydrogens (tertiary/aromatic N) is 1. The summed E-state index contributed by atoms with van der Waals surface area (Å²) in [6.45, 7) is 2.71. The monoisotopic (exact) mass is 422 g/mol. The first-order valence-electron chi connectivity index (χ1n) is 9.13. The molecule has 0 aliphatic carbocycles. The van der Waals surface area contributed by atoms with E-state index in [0.717, 1.165) is 0 Å². The van der Waals surface area contributed by atoms with E-state index in [0.29, 0.717) is 35.2 Å². The number of halogens is 1. The fourth-order valence-electron chi connectivity index (χ4n) is 3.21. The van der Waals surface area contributed by atoms with E-state index in [-0.39, 0.29) is 30.0 Å². The molecular formula is C20H23ClN2O4S. The van der Waals surface area contributed by atoms with E-state index in [1.807, 2.05) is 24.0 Å². The summed E-state index contributed by atoms with van der Waals surface area (Å²) in [5.41, 5.74) is 0.645. The Bertz CT molecular complexity index is 931. The molecule has 1 unspecified atom stereocenters. The number of para-hydroxylation sites is 1. The Hall–Kier alpha value is -2.09. The van der Waals surface area contributed by atoms with Gasteiger partial charge in [-0.15, -0.1) is 0 Å². The minimum Gasteiger partial charge on any atom is -0.456 e. The third kappa shape index (κ3) is 5.47. The van der Waals surface area contributed by atoms with E-state index in [2.05, 4.69) is 5.32 Å². The number of amides is 1. The molecule has 1 aliphatic heterocycles. The number of carbonyl (C=O) groups is 1. The van der Waals surface area contributed by atoms with Crippen LogP contribution in [-0.4, -0.2) is 49.9 Å².